The lowest BCUT2D eigenvalue weighted by Crippen LogP contribution is -2.46. The fourth-order valence-corrected chi connectivity index (χ4v) is 3.63. The first-order chi connectivity index (χ1) is 13.6. The molecule has 4 nitrogen and oxygen atoms in total. The molecule has 28 heavy (non-hydrogen) atoms. The third-order valence-corrected chi connectivity index (χ3v) is 5.21. The van der Waals surface area contributed by atoms with Gasteiger partial charge in [0.05, 0.1) is 5.92 Å². The number of carbonyl (C=O) groups is 2. The van der Waals surface area contributed by atoms with Crippen LogP contribution in [0.2, 0.25) is 0 Å². The van der Waals surface area contributed by atoms with Crippen molar-refractivity contribution < 1.29 is 14.0 Å². The predicted molar refractivity (Wildman–Crippen MR) is 107 cm³/mol. The van der Waals surface area contributed by atoms with Crippen molar-refractivity contribution in [3.8, 4) is 0 Å². The maximum absolute atomic E-state index is 13.2. The highest BCUT2D eigenvalue weighted by atomic mass is 19.1. The number of hydrogen-bond acceptors (Lipinski definition) is 2. The third kappa shape index (κ3) is 5.91. The number of nitrogens with one attached hydrogen (secondary N) is 1. The summed E-state index contributed by atoms with van der Waals surface area (Å²) in [6, 6.07) is 16.6. The molecule has 0 unspecified atom stereocenters. The molecule has 1 saturated heterocycles. The lowest BCUT2D eigenvalue weighted by molar-refractivity contribution is -0.138. The van der Waals surface area contributed by atoms with Crippen LogP contribution < -0.4 is 5.32 Å². The number of nitrogens with zero attached hydrogens (tertiary/aromatic N) is 1. The number of hydrogen-bond donors (Lipinski definition) is 1. The third-order valence-electron chi connectivity index (χ3n) is 5.21. The summed E-state index contributed by atoms with van der Waals surface area (Å²) in [6.45, 7) is 1.64. The molecule has 148 valence electrons. The highest BCUT2D eigenvalue weighted by Gasteiger charge is 2.29. The van der Waals surface area contributed by atoms with Crippen molar-refractivity contribution in [1.82, 2.24) is 10.2 Å². The van der Waals surface area contributed by atoms with E-state index in [1.54, 1.807) is 6.07 Å². The van der Waals surface area contributed by atoms with Crippen LogP contribution in [-0.4, -0.2) is 36.3 Å². The van der Waals surface area contributed by atoms with Crippen LogP contribution in [0, 0.1) is 11.7 Å². The molecule has 0 radical (unpaired) electrons. The Kier molecular flexibility index (Phi) is 7.18. The van der Waals surface area contributed by atoms with E-state index in [0.717, 1.165) is 18.4 Å². The summed E-state index contributed by atoms with van der Waals surface area (Å²) in [7, 11) is 0. The summed E-state index contributed by atoms with van der Waals surface area (Å²) in [4.78, 5) is 26.5. The number of carbonyl (C=O) groups excluding carboxylic acids is 2. The van der Waals surface area contributed by atoms with E-state index >= 15 is 0 Å². The van der Waals surface area contributed by atoms with Crippen molar-refractivity contribution in [2.45, 2.75) is 32.1 Å². The Morgan fingerprint density at radius 3 is 2.64 bits per heavy atom. The second-order valence-corrected chi connectivity index (χ2v) is 7.34. The van der Waals surface area contributed by atoms with E-state index in [9.17, 15) is 14.0 Å². The van der Waals surface area contributed by atoms with Crippen molar-refractivity contribution in [3.63, 3.8) is 0 Å². The van der Waals surface area contributed by atoms with Gasteiger partial charge in [-0.1, -0.05) is 42.5 Å². The molecule has 0 aliphatic carbocycles. The zero-order valence-corrected chi connectivity index (χ0v) is 16.1. The van der Waals surface area contributed by atoms with Crippen molar-refractivity contribution in [3.05, 3.63) is 71.5 Å². The Hall–Kier alpha value is -2.69. The van der Waals surface area contributed by atoms with Gasteiger partial charge in [0.2, 0.25) is 11.8 Å². The highest BCUT2D eigenvalue weighted by molar-refractivity contribution is 5.83. The number of amides is 2. The van der Waals surface area contributed by atoms with Gasteiger partial charge in [-0.2, -0.15) is 0 Å². The van der Waals surface area contributed by atoms with Gasteiger partial charge >= 0.3 is 0 Å². The topological polar surface area (TPSA) is 49.4 Å². The van der Waals surface area contributed by atoms with Gasteiger partial charge in [-0.25, -0.2) is 4.39 Å². The van der Waals surface area contributed by atoms with Gasteiger partial charge in [0.25, 0.3) is 0 Å². The van der Waals surface area contributed by atoms with Crippen LogP contribution >= 0.6 is 0 Å². The van der Waals surface area contributed by atoms with Gasteiger partial charge in [0.15, 0.2) is 0 Å². The van der Waals surface area contributed by atoms with Crippen molar-refractivity contribution in [2.75, 3.05) is 19.6 Å². The molecule has 0 spiro atoms. The summed E-state index contributed by atoms with van der Waals surface area (Å²) < 4.78 is 13.2. The van der Waals surface area contributed by atoms with E-state index in [4.69, 9.17) is 0 Å². The largest absolute Gasteiger partial charge is 0.355 e. The van der Waals surface area contributed by atoms with Crippen LogP contribution in [0.25, 0.3) is 0 Å². The molecule has 2 aromatic rings. The number of halogens is 1. The number of rotatable bonds is 8. The van der Waals surface area contributed by atoms with Crippen molar-refractivity contribution in [2.24, 2.45) is 5.92 Å². The maximum atomic E-state index is 13.2. The summed E-state index contributed by atoms with van der Waals surface area (Å²) in [5.74, 6) is -0.309. The summed E-state index contributed by atoms with van der Waals surface area (Å²) >= 11 is 0. The summed E-state index contributed by atoms with van der Waals surface area (Å²) in [5, 5.41) is 2.94. The summed E-state index contributed by atoms with van der Waals surface area (Å²) in [6.07, 6.45) is 3.43. The first kappa shape index (κ1) is 20.1. The number of benzene rings is 2. The lowest BCUT2D eigenvalue weighted by atomic mass is 9.96. The molecule has 1 N–H and O–H groups in total. The van der Waals surface area contributed by atoms with Crippen LogP contribution in [0.15, 0.2) is 54.6 Å². The smallest absolute Gasteiger partial charge is 0.224 e. The van der Waals surface area contributed by atoms with Crippen LogP contribution in [0.3, 0.4) is 0 Å². The molecule has 2 aromatic carbocycles. The minimum atomic E-state index is -0.263. The van der Waals surface area contributed by atoms with Crippen LogP contribution in [0.4, 0.5) is 4.39 Å². The molecular formula is C23H27FN2O2. The standard InChI is InChI=1S/C23H27FN2O2/c24-21-10-4-8-19(16-21)13-14-25-23(28)20-11-12-22(27)26(17-20)15-5-9-18-6-2-1-3-7-18/h1-4,6-8,10,16,20H,5,9,11-15,17H2,(H,25,28)/t20-/m1/s1. The van der Waals surface area contributed by atoms with Gasteiger partial charge in [-0.3, -0.25) is 9.59 Å². The highest BCUT2D eigenvalue weighted by Crippen LogP contribution is 2.18. The van der Waals surface area contributed by atoms with Crippen LogP contribution in [0.5, 0.6) is 0 Å². The van der Waals surface area contributed by atoms with Gasteiger partial charge < -0.3 is 10.2 Å². The monoisotopic (exact) mass is 382 g/mol. The Balaban J connectivity index is 1.42. The molecule has 1 fully saturated rings. The molecule has 1 aliphatic heterocycles. The van der Waals surface area contributed by atoms with Crippen molar-refractivity contribution >= 4 is 11.8 Å². The molecular weight excluding hydrogens is 355 g/mol. The first-order valence-electron chi connectivity index (χ1n) is 9.95. The van der Waals surface area contributed by atoms with Gasteiger partial charge in [-0.15, -0.1) is 0 Å². The van der Waals surface area contributed by atoms with Gasteiger partial charge in [0, 0.05) is 26.1 Å². The van der Waals surface area contributed by atoms with Crippen molar-refractivity contribution in [1.29, 1.82) is 0 Å². The molecule has 0 aromatic heterocycles. The normalized spacial score (nSPS) is 16.8. The van der Waals surface area contributed by atoms with Crippen LogP contribution in [0.1, 0.15) is 30.4 Å². The number of aryl methyl sites for hydroxylation is 1. The molecule has 0 bridgehead atoms. The Morgan fingerprint density at radius 2 is 1.86 bits per heavy atom. The fraction of sp³-hybridized carbons (Fsp3) is 0.391. The zero-order chi connectivity index (χ0) is 19.8. The Labute approximate surface area is 165 Å². The van der Waals surface area contributed by atoms with E-state index in [2.05, 4.69) is 17.4 Å². The second-order valence-electron chi connectivity index (χ2n) is 7.34. The average Bonchev–Trinajstić information content (AvgIpc) is 2.70. The molecule has 0 saturated carbocycles. The number of likely N-dealkylation sites (tertiary alicyclic amines) is 1. The van der Waals surface area contributed by atoms with Gasteiger partial charge in [-0.05, 0) is 48.9 Å². The molecule has 1 heterocycles. The molecule has 2 amide bonds. The lowest BCUT2D eigenvalue weighted by Gasteiger charge is -2.32. The molecule has 1 atom stereocenters. The fourth-order valence-electron chi connectivity index (χ4n) is 3.63. The molecule has 5 heteroatoms. The number of piperidine rings is 1. The predicted octanol–water partition coefficient (Wildman–Crippen LogP) is 3.36. The maximum Gasteiger partial charge on any atom is 0.224 e. The van der Waals surface area contributed by atoms with E-state index in [1.807, 2.05) is 29.2 Å². The molecule has 1 aliphatic rings. The minimum absolute atomic E-state index is 0.0167. The van der Waals surface area contributed by atoms with Crippen LogP contribution in [-0.2, 0) is 22.4 Å². The second kappa shape index (κ2) is 10.0. The Morgan fingerprint density at radius 1 is 1.07 bits per heavy atom. The van der Waals surface area contributed by atoms with E-state index in [-0.39, 0.29) is 23.5 Å². The van der Waals surface area contributed by atoms with E-state index < -0.39 is 0 Å². The SMILES string of the molecule is O=C(NCCc1cccc(F)c1)[C@@H]1CCC(=O)N(CCCc2ccccc2)C1. The zero-order valence-electron chi connectivity index (χ0n) is 16.1. The minimum Gasteiger partial charge on any atom is -0.355 e. The van der Waals surface area contributed by atoms with E-state index in [1.165, 1.54) is 17.7 Å². The average molecular weight is 382 g/mol. The summed E-state index contributed by atoms with van der Waals surface area (Å²) in [5.41, 5.74) is 2.13. The van der Waals surface area contributed by atoms with E-state index in [0.29, 0.717) is 38.9 Å². The Bertz CT molecular complexity index is 794. The quantitative estimate of drug-likeness (QED) is 0.761. The van der Waals surface area contributed by atoms with Gasteiger partial charge in [0.1, 0.15) is 5.82 Å². The first-order valence-corrected chi connectivity index (χ1v) is 9.95. The molecule has 3 rings (SSSR count).